The first kappa shape index (κ1) is 14.9. The third kappa shape index (κ3) is 3.42. The molecule has 0 atom stereocenters. The van der Waals surface area contributed by atoms with Gasteiger partial charge in [0.2, 0.25) is 0 Å². The number of hydrogen-bond donors (Lipinski definition) is 1. The van der Waals surface area contributed by atoms with Crippen LogP contribution in [0.4, 0.5) is 31.8 Å². The molecule has 116 valence electrons. The van der Waals surface area contributed by atoms with E-state index in [1.54, 1.807) is 6.07 Å². The van der Waals surface area contributed by atoms with Crippen LogP contribution in [-0.4, -0.2) is 17.0 Å². The normalized spacial score (nSPS) is 10.4. The van der Waals surface area contributed by atoms with Crippen molar-refractivity contribution in [3.05, 3.63) is 72.6 Å². The van der Waals surface area contributed by atoms with Crippen LogP contribution in [0, 0.1) is 11.6 Å². The predicted octanol–water partition coefficient (Wildman–Crippen LogP) is 4.27. The third-order valence-corrected chi connectivity index (χ3v) is 3.33. The quantitative estimate of drug-likeness (QED) is 0.781. The Hall–Kier alpha value is -3.02. The Kier molecular flexibility index (Phi) is 4.14. The van der Waals surface area contributed by atoms with Gasteiger partial charge in [0.25, 0.3) is 0 Å². The van der Waals surface area contributed by atoms with E-state index >= 15 is 0 Å². The molecule has 0 unspecified atom stereocenters. The van der Waals surface area contributed by atoms with E-state index in [1.807, 2.05) is 42.3 Å². The molecule has 4 nitrogen and oxygen atoms in total. The van der Waals surface area contributed by atoms with E-state index in [-0.39, 0.29) is 5.69 Å². The maximum absolute atomic E-state index is 13.7. The first-order valence-corrected chi connectivity index (χ1v) is 6.96. The average Bonchev–Trinajstić information content (AvgIpc) is 2.58. The van der Waals surface area contributed by atoms with Gasteiger partial charge in [0.15, 0.2) is 0 Å². The van der Waals surface area contributed by atoms with Crippen molar-refractivity contribution in [3.8, 4) is 0 Å². The summed E-state index contributed by atoms with van der Waals surface area (Å²) < 4.78 is 26.6. The second kappa shape index (κ2) is 6.39. The Labute approximate surface area is 132 Å². The monoisotopic (exact) mass is 312 g/mol. The van der Waals surface area contributed by atoms with Crippen molar-refractivity contribution in [2.75, 3.05) is 17.3 Å². The molecular formula is C17H14F2N4. The molecule has 3 aromatic rings. The van der Waals surface area contributed by atoms with Crippen LogP contribution in [0.25, 0.3) is 0 Å². The summed E-state index contributed by atoms with van der Waals surface area (Å²) in [6.45, 7) is 0. The number of para-hydroxylation sites is 1. The smallest absolute Gasteiger partial charge is 0.149 e. The second-order valence-electron chi connectivity index (χ2n) is 4.91. The molecule has 0 aliphatic heterocycles. The number of benzene rings is 2. The molecule has 0 amide bonds. The van der Waals surface area contributed by atoms with Gasteiger partial charge in [-0.25, -0.2) is 18.7 Å². The molecule has 0 saturated carbocycles. The lowest BCUT2D eigenvalue weighted by atomic mass is 10.3. The van der Waals surface area contributed by atoms with Crippen LogP contribution in [-0.2, 0) is 0 Å². The maximum atomic E-state index is 13.7. The lowest BCUT2D eigenvalue weighted by Crippen LogP contribution is -2.11. The standard InChI is InChI=1S/C17H14F2N4/c1-23(13-5-3-2-4-6-13)17-10-16(20-11-21-17)22-15-8-7-12(18)9-14(15)19/h2-11H,1H3,(H,20,21,22). The number of nitrogens with one attached hydrogen (secondary N) is 1. The minimum absolute atomic E-state index is 0.151. The van der Waals surface area contributed by atoms with Gasteiger partial charge in [-0.1, -0.05) is 18.2 Å². The van der Waals surface area contributed by atoms with Crippen LogP contribution in [0.1, 0.15) is 0 Å². The van der Waals surface area contributed by atoms with Gasteiger partial charge in [-0.3, -0.25) is 0 Å². The minimum atomic E-state index is -0.679. The molecule has 1 aromatic heterocycles. The number of aromatic nitrogens is 2. The number of rotatable bonds is 4. The van der Waals surface area contributed by atoms with E-state index in [1.165, 1.54) is 18.5 Å². The van der Waals surface area contributed by atoms with Gasteiger partial charge in [0.05, 0.1) is 5.69 Å². The van der Waals surface area contributed by atoms with Gasteiger partial charge >= 0.3 is 0 Å². The lowest BCUT2D eigenvalue weighted by Gasteiger charge is -2.18. The first-order valence-electron chi connectivity index (χ1n) is 6.96. The van der Waals surface area contributed by atoms with Crippen molar-refractivity contribution < 1.29 is 8.78 Å². The number of halogens is 2. The molecule has 23 heavy (non-hydrogen) atoms. The SMILES string of the molecule is CN(c1ccccc1)c1cc(Nc2ccc(F)cc2F)ncn1. The molecule has 1 N–H and O–H groups in total. The molecule has 0 spiro atoms. The molecule has 6 heteroatoms. The zero-order chi connectivity index (χ0) is 16.2. The molecule has 0 fully saturated rings. The van der Waals surface area contributed by atoms with Crippen molar-refractivity contribution in [1.29, 1.82) is 0 Å². The molecule has 0 bridgehead atoms. The fourth-order valence-corrected chi connectivity index (χ4v) is 2.11. The summed E-state index contributed by atoms with van der Waals surface area (Å²) in [7, 11) is 1.87. The van der Waals surface area contributed by atoms with Crippen LogP contribution in [0.3, 0.4) is 0 Å². The summed E-state index contributed by atoms with van der Waals surface area (Å²) >= 11 is 0. The van der Waals surface area contributed by atoms with Crippen LogP contribution >= 0.6 is 0 Å². The van der Waals surface area contributed by atoms with E-state index < -0.39 is 11.6 Å². The highest BCUT2D eigenvalue weighted by molar-refractivity contribution is 5.64. The summed E-state index contributed by atoms with van der Waals surface area (Å²) in [4.78, 5) is 10.2. The van der Waals surface area contributed by atoms with Crippen LogP contribution in [0.5, 0.6) is 0 Å². The van der Waals surface area contributed by atoms with E-state index in [9.17, 15) is 8.78 Å². The summed E-state index contributed by atoms with van der Waals surface area (Å²) in [6.07, 6.45) is 1.39. The highest BCUT2D eigenvalue weighted by Crippen LogP contribution is 2.24. The second-order valence-corrected chi connectivity index (χ2v) is 4.91. The Morgan fingerprint density at radius 1 is 0.957 bits per heavy atom. The molecule has 0 radical (unpaired) electrons. The first-order chi connectivity index (χ1) is 11.1. The van der Waals surface area contributed by atoms with Gasteiger partial charge in [-0.2, -0.15) is 0 Å². The van der Waals surface area contributed by atoms with Crippen LogP contribution in [0.2, 0.25) is 0 Å². The van der Waals surface area contributed by atoms with Crippen molar-refractivity contribution in [3.63, 3.8) is 0 Å². The summed E-state index contributed by atoms with van der Waals surface area (Å²) in [6, 6.07) is 14.7. The summed E-state index contributed by atoms with van der Waals surface area (Å²) in [5.41, 5.74) is 1.11. The van der Waals surface area contributed by atoms with Gasteiger partial charge in [0.1, 0.15) is 29.6 Å². The Morgan fingerprint density at radius 3 is 2.48 bits per heavy atom. The molecule has 2 aromatic carbocycles. The topological polar surface area (TPSA) is 41.0 Å². The van der Waals surface area contributed by atoms with Crippen molar-refractivity contribution >= 4 is 23.0 Å². The van der Waals surface area contributed by atoms with E-state index in [0.717, 1.165) is 11.8 Å². The Bertz CT molecular complexity index is 809. The summed E-state index contributed by atoms with van der Waals surface area (Å²) in [5, 5.41) is 2.83. The zero-order valence-electron chi connectivity index (χ0n) is 12.4. The average molecular weight is 312 g/mol. The minimum Gasteiger partial charge on any atom is -0.338 e. The predicted molar refractivity (Wildman–Crippen MR) is 86.2 cm³/mol. The van der Waals surface area contributed by atoms with Crippen molar-refractivity contribution in [1.82, 2.24) is 9.97 Å². The maximum Gasteiger partial charge on any atom is 0.149 e. The fourth-order valence-electron chi connectivity index (χ4n) is 2.11. The number of nitrogens with zero attached hydrogens (tertiary/aromatic N) is 3. The van der Waals surface area contributed by atoms with Crippen LogP contribution in [0.15, 0.2) is 60.9 Å². The number of hydrogen-bond acceptors (Lipinski definition) is 4. The zero-order valence-corrected chi connectivity index (χ0v) is 12.4. The third-order valence-electron chi connectivity index (χ3n) is 3.33. The van der Waals surface area contributed by atoms with Gasteiger partial charge in [-0.05, 0) is 24.3 Å². The van der Waals surface area contributed by atoms with Gasteiger partial charge in [0, 0.05) is 24.9 Å². The fraction of sp³-hybridized carbons (Fsp3) is 0.0588. The van der Waals surface area contributed by atoms with Gasteiger partial charge < -0.3 is 10.2 Å². The van der Waals surface area contributed by atoms with Crippen molar-refractivity contribution in [2.45, 2.75) is 0 Å². The largest absolute Gasteiger partial charge is 0.338 e. The molecule has 1 heterocycles. The molecule has 3 rings (SSSR count). The summed E-state index contributed by atoms with van der Waals surface area (Å²) in [5.74, 6) is -0.235. The highest BCUT2D eigenvalue weighted by Gasteiger charge is 2.09. The number of anilines is 4. The molecule has 0 aliphatic carbocycles. The Balaban J connectivity index is 1.85. The van der Waals surface area contributed by atoms with Crippen LogP contribution < -0.4 is 10.2 Å². The highest BCUT2D eigenvalue weighted by atomic mass is 19.1. The van der Waals surface area contributed by atoms with Gasteiger partial charge in [-0.15, -0.1) is 0 Å². The van der Waals surface area contributed by atoms with E-state index in [4.69, 9.17) is 0 Å². The van der Waals surface area contributed by atoms with E-state index in [0.29, 0.717) is 11.6 Å². The Morgan fingerprint density at radius 2 is 1.74 bits per heavy atom. The molecular weight excluding hydrogens is 298 g/mol. The molecule has 0 saturated heterocycles. The van der Waals surface area contributed by atoms with Crippen molar-refractivity contribution in [2.24, 2.45) is 0 Å². The van der Waals surface area contributed by atoms with E-state index in [2.05, 4.69) is 15.3 Å². The molecule has 0 aliphatic rings. The lowest BCUT2D eigenvalue weighted by molar-refractivity contribution is 0.586.